The molecule has 0 radical (unpaired) electrons. The number of hydrazine groups is 1. The third-order valence-corrected chi connectivity index (χ3v) is 8.93. The van der Waals surface area contributed by atoms with Crippen LogP contribution in [0, 0.1) is 34.5 Å². The van der Waals surface area contributed by atoms with E-state index in [9.17, 15) is 9.59 Å². The molecule has 0 aromatic carbocycles. The van der Waals surface area contributed by atoms with Crippen molar-refractivity contribution in [2.75, 3.05) is 0 Å². The van der Waals surface area contributed by atoms with Gasteiger partial charge in [0.15, 0.2) is 0 Å². The zero-order valence-electron chi connectivity index (χ0n) is 17.5. The molecule has 1 N–H and O–H groups in total. The highest BCUT2D eigenvalue weighted by atomic mass is 16.2. The number of rotatable bonds is 3. The molecule has 4 nitrogen and oxygen atoms in total. The summed E-state index contributed by atoms with van der Waals surface area (Å²) in [7, 11) is 0. The molecule has 2 unspecified atom stereocenters. The minimum Gasteiger partial charge on any atom is -0.273 e. The molecule has 1 heterocycles. The largest absolute Gasteiger partial charge is 0.273 e. The Kier molecular flexibility index (Phi) is 4.67. The fraction of sp³-hybridized carbons (Fsp3) is 0.826. The monoisotopic (exact) mass is 372 g/mol. The van der Waals surface area contributed by atoms with E-state index in [0.717, 1.165) is 24.7 Å². The van der Waals surface area contributed by atoms with Gasteiger partial charge in [-0.15, -0.1) is 0 Å². The maximum atomic E-state index is 12.7. The van der Waals surface area contributed by atoms with Crippen molar-refractivity contribution in [2.24, 2.45) is 34.5 Å². The normalized spacial score (nSPS) is 44.3. The fourth-order valence-electron chi connectivity index (χ4n) is 7.04. The van der Waals surface area contributed by atoms with Gasteiger partial charge in [0.2, 0.25) is 5.91 Å². The van der Waals surface area contributed by atoms with Crippen molar-refractivity contribution in [2.45, 2.75) is 85.1 Å². The highest BCUT2D eigenvalue weighted by Crippen LogP contribution is 2.63. The standard InChI is InChI=1S/C23H36N2O2/c1-5-15(2)21(27)24-25-19-9-8-16-17-7-6-12-22(17,3)13-10-18(16)23(19,4)14-11-20(25)26/h11,14-19H,5-10,12-13H2,1-4H3,(H,24,27)/t15?,16-,17-,18+,19?,22-,23+/m0/s1. The van der Waals surface area contributed by atoms with Crippen molar-refractivity contribution in [3.8, 4) is 0 Å². The highest BCUT2D eigenvalue weighted by molar-refractivity contribution is 5.91. The average molecular weight is 373 g/mol. The molecule has 0 bridgehead atoms. The zero-order valence-corrected chi connectivity index (χ0v) is 17.5. The number of carbonyl (C=O) groups excluding carboxylic acids is 2. The molecule has 4 rings (SSSR count). The number of carbonyl (C=O) groups is 2. The van der Waals surface area contributed by atoms with Crippen LogP contribution >= 0.6 is 0 Å². The van der Waals surface area contributed by atoms with Crippen LogP contribution < -0.4 is 5.43 Å². The molecule has 3 fully saturated rings. The summed E-state index contributed by atoms with van der Waals surface area (Å²) >= 11 is 0. The lowest BCUT2D eigenvalue weighted by atomic mass is 9.48. The lowest BCUT2D eigenvalue weighted by Crippen LogP contribution is -2.64. The summed E-state index contributed by atoms with van der Waals surface area (Å²) in [5.41, 5.74) is 3.51. The van der Waals surface area contributed by atoms with Crippen LogP contribution in [-0.4, -0.2) is 22.9 Å². The van der Waals surface area contributed by atoms with Crippen LogP contribution in [0.25, 0.3) is 0 Å². The molecule has 7 atom stereocenters. The molecule has 4 heteroatoms. The molecule has 3 saturated carbocycles. The van der Waals surface area contributed by atoms with Crippen LogP contribution in [0.5, 0.6) is 0 Å². The van der Waals surface area contributed by atoms with E-state index in [1.165, 1.54) is 38.5 Å². The highest BCUT2D eigenvalue weighted by Gasteiger charge is 2.58. The van der Waals surface area contributed by atoms with Gasteiger partial charge in [-0.05, 0) is 68.1 Å². The molecule has 0 aromatic heterocycles. The number of nitrogens with one attached hydrogen (secondary N) is 1. The van der Waals surface area contributed by atoms with Gasteiger partial charge in [0.05, 0.1) is 6.04 Å². The van der Waals surface area contributed by atoms with Gasteiger partial charge < -0.3 is 0 Å². The predicted molar refractivity (Wildman–Crippen MR) is 106 cm³/mol. The third kappa shape index (κ3) is 2.86. The summed E-state index contributed by atoms with van der Waals surface area (Å²) in [6, 6.07) is 0.0926. The summed E-state index contributed by atoms with van der Waals surface area (Å²) in [4.78, 5) is 25.2. The Morgan fingerprint density at radius 2 is 2.00 bits per heavy atom. The van der Waals surface area contributed by atoms with Crippen LogP contribution in [-0.2, 0) is 9.59 Å². The first kappa shape index (κ1) is 19.0. The Balaban J connectivity index is 1.60. The summed E-state index contributed by atoms with van der Waals surface area (Å²) in [5.74, 6) is 2.09. The van der Waals surface area contributed by atoms with E-state index in [0.29, 0.717) is 11.3 Å². The first-order valence-corrected chi connectivity index (χ1v) is 11.1. The summed E-state index contributed by atoms with van der Waals surface area (Å²) < 4.78 is 0. The Morgan fingerprint density at radius 1 is 1.22 bits per heavy atom. The maximum Gasteiger partial charge on any atom is 0.264 e. The Hall–Kier alpha value is -1.32. The second kappa shape index (κ2) is 6.63. The molecule has 1 aliphatic heterocycles. The molecule has 0 spiro atoms. The lowest BCUT2D eigenvalue weighted by Gasteiger charge is -2.59. The average Bonchev–Trinajstić information content (AvgIpc) is 3.05. The molecule has 0 saturated heterocycles. The van der Waals surface area contributed by atoms with Gasteiger partial charge in [-0.3, -0.25) is 15.0 Å². The minimum absolute atomic E-state index is 0.0243. The van der Waals surface area contributed by atoms with E-state index >= 15 is 0 Å². The van der Waals surface area contributed by atoms with Gasteiger partial charge in [0.1, 0.15) is 0 Å². The topological polar surface area (TPSA) is 49.4 Å². The Labute approximate surface area is 164 Å². The first-order valence-electron chi connectivity index (χ1n) is 11.1. The second-order valence-electron chi connectivity index (χ2n) is 10.2. The van der Waals surface area contributed by atoms with Gasteiger partial charge in [-0.2, -0.15) is 0 Å². The fourth-order valence-corrected chi connectivity index (χ4v) is 7.04. The van der Waals surface area contributed by atoms with Gasteiger partial charge in [0.25, 0.3) is 5.91 Å². The molecule has 2 amide bonds. The van der Waals surface area contributed by atoms with E-state index in [-0.39, 0.29) is 29.2 Å². The van der Waals surface area contributed by atoms with Crippen LogP contribution in [0.4, 0.5) is 0 Å². The maximum absolute atomic E-state index is 12.7. The molecule has 27 heavy (non-hydrogen) atoms. The minimum atomic E-state index is -0.0693. The van der Waals surface area contributed by atoms with Gasteiger partial charge in [0, 0.05) is 17.4 Å². The van der Waals surface area contributed by atoms with Crippen molar-refractivity contribution in [3.05, 3.63) is 12.2 Å². The van der Waals surface area contributed by atoms with Crippen LogP contribution in [0.15, 0.2) is 12.2 Å². The van der Waals surface area contributed by atoms with Gasteiger partial charge >= 0.3 is 0 Å². The molecule has 3 aliphatic carbocycles. The van der Waals surface area contributed by atoms with E-state index in [2.05, 4.69) is 25.3 Å². The van der Waals surface area contributed by atoms with Crippen molar-refractivity contribution in [1.82, 2.24) is 10.4 Å². The van der Waals surface area contributed by atoms with Gasteiger partial charge in [-0.25, -0.2) is 5.01 Å². The first-order chi connectivity index (χ1) is 12.8. The van der Waals surface area contributed by atoms with E-state index in [1.807, 2.05) is 13.8 Å². The summed E-state index contributed by atoms with van der Waals surface area (Å²) in [6.45, 7) is 8.81. The molecular weight excluding hydrogens is 336 g/mol. The molecular formula is C23H36N2O2. The van der Waals surface area contributed by atoms with Crippen molar-refractivity contribution < 1.29 is 9.59 Å². The Bertz CT molecular complexity index is 659. The lowest BCUT2D eigenvalue weighted by molar-refractivity contribution is -0.154. The van der Waals surface area contributed by atoms with Crippen molar-refractivity contribution in [1.29, 1.82) is 0 Å². The third-order valence-electron chi connectivity index (χ3n) is 8.93. The SMILES string of the molecule is CCC(C)C(=O)NN1C(=O)C=C[C@@]2(C)C1CC[C@@H]1[C@H]2CC[C@]2(C)CCC[C@@H]12. The number of nitrogens with zero attached hydrogens (tertiary/aromatic N) is 1. The smallest absolute Gasteiger partial charge is 0.264 e. The van der Waals surface area contributed by atoms with Crippen molar-refractivity contribution >= 4 is 11.8 Å². The second-order valence-corrected chi connectivity index (χ2v) is 10.2. The van der Waals surface area contributed by atoms with Crippen LogP contribution in [0.1, 0.15) is 79.1 Å². The van der Waals surface area contributed by atoms with Crippen LogP contribution in [0.3, 0.4) is 0 Å². The zero-order chi connectivity index (χ0) is 19.4. The van der Waals surface area contributed by atoms with E-state index in [4.69, 9.17) is 0 Å². The number of amides is 2. The van der Waals surface area contributed by atoms with Crippen molar-refractivity contribution in [3.63, 3.8) is 0 Å². The summed E-state index contributed by atoms with van der Waals surface area (Å²) in [5, 5.41) is 1.69. The quantitative estimate of drug-likeness (QED) is 0.795. The molecule has 4 aliphatic rings. The number of fused-ring (bicyclic) bond motifs is 5. The summed E-state index contributed by atoms with van der Waals surface area (Å²) in [6.07, 6.45) is 13.6. The predicted octanol–water partition coefficient (Wildman–Crippen LogP) is 4.46. The van der Waals surface area contributed by atoms with Gasteiger partial charge in [-0.1, -0.05) is 40.2 Å². The van der Waals surface area contributed by atoms with E-state index in [1.54, 1.807) is 11.1 Å². The molecule has 0 aromatic rings. The van der Waals surface area contributed by atoms with E-state index < -0.39 is 0 Å². The number of hydrogen-bond donors (Lipinski definition) is 1. The number of hydrogen-bond acceptors (Lipinski definition) is 2. The van der Waals surface area contributed by atoms with Crippen LogP contribution in [0.2, 0.25) is 0 Å². The molecule has 150 valence electrons. The Morgan fingerprint density at radius 3 is 2.74 bits per heavy atom.